The van der Waals surface area contributed by atoms with Crippen LogP contribution in [0.2, 0.25) is 0 Å². The quantitative estimate of drug-likeness (QED) is 0.886. The molecule has 122 valence electrons. The minimum absolute atomic E-state index is 0. The van der Waals surface area contributed by atoms with Crippen LogP contribution in [0.4, 0.5) is 8.78 Å². The number of nitrogens with zero attached hydrogens (tertiary/aromatic N) is 1. The highest BCUT2D eigenvalue weighted by atomic mass is 35.5. The van der Waals surface area contributed by atoms with Crippen molar-refractivity contribution in [1.82, 2.24) is 10.2 Å². The highest BCUT2D eigenvalue weighted by molar-refractivity contribution is 5.85. The second-order valence-corrected chi connectivity index (χ2v) is 4.66. The molecular formula is C14H22Cl2F2N2O. The van der Waals surface area contributed by atoms with Crippen molar-refractivity contribution < 1.29 is 13.5 Å². The van der Waals surface area contributed by atoms with Gasteiger partial charge < -0.3 is 10.1 Å². The van der Waals surface area contributed by atoms with E-state index in [0.29, 0.717) is 0 Å². The van der Waals surface area contributed by atoms with E-state index in [1.165, 1.54) is 0 Å². The van der Waals surface area contributed by atoms with E-state index in [9.17, 15) is 8.78 Å². The van der Waals surface area contributed by atoms with Crippen molar-refractivity contribution in [2.45, 2.75) is 26.0 Å². The number of halogens is 4. The summed E-state index contributed by atoms with van der Waals surface area (Å²) in [5, 5.41) is 3.32. The molecule has 0 aromatic heterocycles. The Labute approximate surface area is 136 Å². The van der Waals surface area contributed by atoms with E-state index in [4.69, 9.17) is 0 Å². The fourth-order valence-electron chi connectivity index (χ4n) is 2.60. The topological polar surface area (TPSA) is 24.5 Å². The highest BCUT2D eigenvalue weighted by Gasteiger charge is 2.21. The number of hydrogen-bond acceptors (Lipinski definition) is 3. The zero-order valence-corrected chi connectivity index (χ0v) is 13.6. The van der Waals surface area contributed by atoms with Crippen LogP contribution in [-0.4, -0.2) is 37.7 Å². The van der Waals surface area contributed by atoms with Gasteiger partial charge in [0.15, 0.2) is 0 Å². The van der Waals surface area contributed by atoms with Crippen molar-refractivity contribution in [2.24, 2.45) is 0 Å². The lowest BCUT2D eigenvalue weighted by Crippen LogP contribution is -2.45. The SMILES string of the molecule is CC[C@@H](c1cccc(OC(F)F)c1)N1CCNCC1.Cl.Cl. The summed E-state index contributed by atoms with van der Waals surface area (Å²) < 4.78 is 29.0. The van der Waals surface area contributed by atoms with Gasteiger partial charge in [0.2, 0.25) is 0 Å². The minimum atomic E-state index is -2.77. The maximum Gasteiger partial charge on any atom is 0.387 e. The van der Waals surface area contributed by atoms with Crippen LogP contribution in [0, 0.1) is 0 Å². The van der Waals surface area contributed by atoms with Gasteiger partial charge in [0.25, 0.3) is 0 Å². The zero-order valence-electron chi connectivity index (χ0n) is 11.9. The normalized spacial score (nSPS) is 16.8. The molecule has 21 heavy (non-hydrogen) atoms. The van der Waals surface area contributed by atoms with Gasteiger partial charge in [-0.2, -0.15) is 8.78 Å². The highest BCUT2D eigenvalue weighted by Crippen LogP contribution is 2.27. The van der Waals surface area contributed by atoms with Crippen molar-refractivity contribution in [2.75, 3.05) is 26.2 Å². The smallest absolute Gasteiger partial charge is 0.387 e. The van der Waals surface area contributed by atoms with Gasteiger partial charge >= 0.3 is 6.61 Å². The first-order valence-electron chi connectivity index (χ1n) is 6.70. The van der Waals surface area contributed by atoms with Crippen LogP contribution >= 0.6 is 24.8 Å². The molecule has 1 fully saturated rings. The molecule has 1 N–H and O–H groups in total. The average Bonchev–Trinajstić information content (AvgIpc) is 2.40. The van der Waals surface area contributed by atoms with E-state index in [-0.39, 0.29) is 36.6 Å². The Morgan fingerprint density at radius 2 is 1.90 bits per heavy atom. The Kier molecular flexibility index (Phi) is 9.86. The molecule has 0 saturated carbocycles. The maximum absolute atomic E-state index is 12.2. The van der Waals surface area contributed by atoms with Crippen LogP contribution < -0.4 is 10.1 Å². The lowest BCUT2D eigenvalue weighted by molar-refractivity contribution is -0.0499. The molecule has 1 heterocycles. The average molecular weight is 343 g/mol. The van der Waals surface area contributed by atoms with Gasteiger partial charge in [-0.25, -0.2) is 0 Å². The van der Waals surface area contributed by atoms with Gasteiger partial charge in [-0.15, -0.1) is 24.8 Å². The van der Waals surface area contributed by atoms with Gasteiger partial charge in [-0.3, -0.25) is 4.90 Å². The van der Waals surface area contributed by atoms with Crippen LogP contribution in [0.1, 0.15) is 24.9 Å². The molecule has 0 unspecified atom stereocenters. The fraction of sp³-hybridized carbons (Fsp3) is 0.571. The molecule has 1 aromatic carbocycles. The molecule has 0 bridgehead atoms. The van der Waals surface area contributed by atoms with E-state index >= 15 is 0 Å². The monoisotopic (exact) mass is 342 g/mol. The number of piperazine rings is 1. The lowest BCUT2D eigenvalue weighted by Gasteiger charge is -2.34. The summed E-state index contributed by atoms with van der Waals surface area (Å²) >= 11 is 0. The van der Waals surface area contributed by atoms with Crippen molar-refractivity contribution in [1.29, 1.82) is 0 Å². The predicted molar refractivity (Wildman–Crippen MR) is 85.0 cm³/mol. The van der Waals surface area contributed by atoms with Crippen LogP contribution in [0.15, 0.2) is 24.3 Å². The Morgan fingerprint density at radius 3 is 2.48 bits per heavy atom. The number of alkyl halides is 2. The van der Waals surface area contributed by atoms with E-state index < -0.39 is 6.61 Å². The molecule has 1 saturated heterocycles. The van der Waals surface area contributed by atoms with Crippen molar-refractivity contribution in [3.8, 4) is 5.75 Å². The fourth-order valence-corrected chi connectivity index (χ4v) is 2.60. The van der Waals surface area contributed by atoms with Gasteiger partial charge in [0, 0.05) is 32.2 Å². The van der Waals surface area contributed by atoms with Crippen LogP contribution in [0.3, 0.4) is 0 Å². The summed E-state index contributed by atoms with van der Waals surface area (Å²) in [6.07, 6.45) is 0.956. The molecule has 7 heteroatoms. The lowest BCUT2D eigenvalue weighted by atomic mass is 10.0. The van der Waals surface area contributed by atoms with E-state index in [1.807, 2.05) is 6.07 Å². The predicted octanol–water partition coefficient (Wildman–Crippen LogP) is 3.49. The molecule has 0 aliphatic carbocycles. The molecule has 1 aromatic rings. The Bertz CT molecular complexity index is 404. The van der Waals surface area contributed by atoms with Gasteiger partial charge in [-0.05, 0) is 24.1 Å². The maximum atomic E-state index is 12.2. The number of benzene rings is 1. The Morgan fingerprint density at radius 1 is 1.24 bits per heavy atom. The molecule has 2 rings (SSSR count). The first kappa shape index (κ1) is 20.4. The van der Waals surface area contributed by atoms with E-state index in [1.54, 1.807) is 18.2 Å². The molecule has 1 aliphatic heterocycles. The molecule has 0 amide bonds. The van der Waals surface area contributed by atoms with Crippen molar-refractivity contribution in [3.63, 3.8) is 0 Å². The summed E-state index contributed by atoms with van der Waals surface area (Å²) in [6, 6.07) is 7.32. The third-order valence-corrected chi connectivity index (χ3v) is 3.45. The van der Waals surface area contributed by atoms with Crippen LogP contribution in [0.5, 0.6) is 5.75 Å². The number of ether oxygens (including phenoxy) is 1. The molecule has 0 spiro atoms. The zero-order chi connectivity index (χ0) is 13.7. The first-order chi connectivity index (χ1) is 9.20. The van der Waals surface area contributed by atoms with Crippen LogP contribution in [0.25, 0.3) is 0 Å². The molecule has 1 aliphatic rings. The summed E-state index contributed by atoms with van der Waals surface area (Å²) in [6.45, 7) is 3.27. The largest absolute Gasteiger partial charge is 0.435 e. The number of hydrogen-bond donors (Lipinski definition) is 1. The van der Waals surface area contributed by atoms with Crippen molar-refractivity contribution >= 4 is 24.8 Å². The van der Waals surface area contributed by atoms with Gasteiger partial charge in [-0.1, -0.05) is 19.1 Å². The molecule has 1 atom stereocenters. The van der Waals surface area contributed by atoms with E-state index in [0.717, 1.165) is 38.2 Å². The second-order valence-electron chi connectivity index (χ2n) is 4.66. The van der Waals surface area contributed by atoms with Crippen LogP contribution in [-0.2, 0) is 0 Å². The first-order valence-corrected chi connectivity index (χ1v) is 6.70. The van der Waals surface area contributed by atoms with Gasteiger partial charge in [0.1, 0.15) is 5.75 Å². The Hall–Kier alpha value is -0.620. The third kappa shape index (κ3) is 5.94. The standard InChI is InChI=1S/C14H20F2N2O.2ClH/c1-2-13(18-8-6-17-7-9-18)11-4-3-5-12(10-11)19-14(15)16;;/h3-5,10,13-14,17H,2,6-9H2,1H3;2*1H/t13-;;/m0../s1. The van der Waals surface area contributed by atoms with Gasteiger partial charge in [0.05, 0.1) is 0 Å². The molecule has 0 radical (unpaired) electrons. The minimum Gasteiger partial charge on any atom is -0.435 e. The summed E-state index contributed by atoms with van der Waals surface area (Å²) in [7, 11) is 0. The summed E-state index contributed by atoms with van der Waals surface area (Å²) in [4.78, 5) is 2.39. The Balaban J connectivity index is 0.00000200. The molecular weight excluding hydrogens is 321 g/mol. The molecule has 3 nitrogen and oxygen atoms in total. The summed E-state index contributed by atoms with van der Waals surface area (Å²) in [5.41, 5.74) is 1.04. The van der Waals surface area contributed by atoms with Crippen molar-refractivity contribution in [3.05, 3.63) is 29.8 Å². The number of rotatable bonds is 5. The summed E-state index contributed by atoms with van der Waals surface area (Å²) in [5.74, 6) is 0.237. The second kappa shape index (κ2) is 10.2. The third-order valence-electron chi connectivity index (χ3n) is 3.45. The van der Waals surface area contributed by atoms with E-state index in [2.05, 4.69) is 21.9 Å². The number of nitrogens with one attached hydrogen (secondary N) is 1.